The van der Waals surface area contributed by atoms with Crippen LogP contribution in [0.4, 0.5) is 4.39 Å². The van der Waals surface area contributed by atoms with Gasteiger partial charge in [-0.3, -0.25) is 9.69 Å². The highest BCUT2D eigenvalue weighted by atomic mass is 19.1. The van der Waals surface area contributed by atoms with Gasteiger partial charge in [-0.25, -0.2) is 14.4 Å². The maximum absolute atomic E-state index is 14.0. The Morgan fingerprint density at radius 1 is 1.23 bits per heavy atom. The van der Waals surface area contributed by atoms with E-state index in [0.717, 1.165) is 29.8 Å². The van der Waals surface area contributed by atoms with Crippen molar-refractivity contribution < 1.29 is 13.9 Å². The van der Waals surface area contributed by atoms with Crippen LogP contribution in [0.3, 0.4) is 0 Å². The highest BCUT2D eigenvalue weighted by Gasteiger charge is 2.38. The number of piperazine rings is 1. The van der Waals surface area contributed by atoms with Gasteiger partial charge in [-0.05, 0) is 59.4 Å². The first-order valence-corrected chi connectivity index (χ1v) is 13.4. The van der Waals surface area contributed by atoms with E-state index >= 15 is 0 Å². The van der Waals surface area contributed by atoms with Gasteiger partial charge in [0.15, 0.2) is 0 Å². The molecule has 0 N–H and O–H groups in total. The minimum atomic E-state index is -0.505. The number of nitrogens with zero attached hydrogens (tertiary/aromatic N) is 9. The fourth-order valence-electron chi connectivity index (χ4n) is 5.68. The molecule has 0 radical (unpaired) electrons. The average Bonchev–Trinajstić information content (AvgIpc) is 3.52. The highest BCUT2D eigenvalue weighted by molar-refractivity contribution is 5.79. The molecular weight excluding hydrogens is 501 g/mol. The number of carbonyl (C=O) groups excluding carboxylic acids is 1. The van der Waals surface area contributed by atoms with E-state index in [-0.39, 0.29) is 29.5 Å². The SMILES string of the molecule is CC.Cc1c(C2CN3CCN(C(=O)C4CCc5nc(-n6cnnn6)ncc5C4)CC3CO2)ccc(F)c1C#N. The zero-order chi connectivity index (χ0) is 27.5. The number of carbonyl (C=O) groups is 1. The van der Waals surface area contributed by atoms with Crippen LogP contribution in [0.25, 0.3) is 5.95 Å². The Kier molecular flexibility index (Phi) is 7.90. The zero-order valence-corrected chi connectivity index (χ0v) is 22.4. The predicted molar refractivity (Wildman–Crippen MR) is 138 cm³/mol. The molecule has 11 nitrogen and oxygen atoms in total. The third-order valence-electron chi connectivity index (χ3n) is 7.76. The number of aryl methyl sites for hydroxylation is 1. The summed E-state index contributed by atoms with van der Waals surface area (Å²) >= 11 is 0. The summed E-state index contributed by atoms with van der Waals surface area (Å²) in [4.78, 5) is 26.7. The van der Waals surface area contributed by atoms with Crippen LogP contribution in [-0.4, -0.2) is 84.7 Å². The molecule has 1 aliphatic carbocycles. The second kappa shape index (κ2) is 11.5. The third-order valence-corrected chi connectivity index (χ3v) is 7.76. The van der Waals surface area contributed by atoms with Gasteiger partial charge >= 0.3 is 0 Å². The van der Waals surface area contributed by atoms with Crippen molar-refractivity contribution in [3.63, 3.8) is 0 Å². The Morgan fingerprint density at radius 2 is 2.08 bits per heavy atom. The van der Waals surface area contributed by atoms with Crippen molar-refractivity contribution in [3.05, 3.63) is 58.4 Å². The maximum Gasteiger partial charge on any atom is 0.253 e. The number of benzene rings is 1. The largest absolute Gasteiger partial charge is 0.370 e. The Balaban J connectivity index is 0.00000151. The number of aromatic nitrogens is 6. The van der Waals surface area contributed by atoms with Crippen molar-refractivity contribution in [1.82, 2.24) is 40.0 Å². The molecule has 2 fully saturated rings. The van der Waals surface area contributed by atoms with Crippen LogP contribution >= 0.6 is 0 Å². The molecular formula is C27H32FN9O2. The molecule has 39 heavy (non-hydrogen) atoms. The summed E-state index contributed by atoms with van der Waals surface area (Å²) in [6.07, 6.45) is 5.09. The number of rotatable bonds is 3. The Bertz CT molecular complexity index is 1370. The molecule has 3 atom stereocenters. The molecule has 2 saturated heterocycles. The van der Waals surface area contributed by atoms with Crippen molar-refractivity contribution in [1.29, 1.82) is 5.26 Å². The van der Waals surface area contributed by atoms with Gasteiger partial charge in [0.1, 0.15) is 18.2 Å². The number of nitriles is 1. The lowest BCUT2D eigenvalue weighted by atomic mass is 9.86. The second-order valence-electron chi connectivity index (χ2n) is 9.84. The molecule has 0 bridgehead atoms. The average molecular weight is 534 g/mol. The van der Waals surface area contributed by atoms with Crippen molar-refractivity contribution in [2.75, 3.05) is 32.8 Å². The number of amides is 1. The van der Waals surface area contributed by atoms with E-state index in [2.05, 4.69) is 30.4 Å². The Labute approximate surface area is 226 Å². The van der Waals surface area contributed by atoms with Crippen LogP contribution in [0.1, 0.15) is 54.3 Å². The molecule has 2 aliphatic heterocycles. The van der Waals surface area contributed by atoms with Crippen LogP contribution in [0.5, 0.6) is 0 Å². The van der Waals surface area contributed by atoms with E-state index in [1.807, 2.05) is 24.8 Å². The van der Waals surface area contributed by atoms with Gasteiger partial charge in [0.05, 0.1) is 24.3 Å². The van der Waals surface area contributed by atoms with Crippen molar-refractivity contribution in [2.24, 2.45) is 5.92 Å². The first kappa shape index (κ1) is 26.8. The molecule has 0 saturated carbocycles. The Morgan fingerprint density at radius 3 is 2.85 bits per heavy atom. The summed E-state index contributed by atoms with van der Waals surface area (Å²) in [7, 11) is 0. The lowest BCUT2D eigenvalue weighted by Gasteiger charge is -2.47. The molecule has 4 heterocycles. The van der Waals surface area contributed by atoms with E-state index in [9.17, 15) is 14.4 Å². The molecule has 2 aromatic heterocycles. The summed E-state index contributed by atoms with van der Waals surface area (Å²) in [5.41, 5.74) is 3.49. The van der Waals surface area contributed by atoms with Gasteiger partial charge < -0.3 is 9.64 Å². The molecule has 3 aliphatic rings. The molecule has 0 spiro atoms. The van der Waals surface area contributed by atoms with Gasteiger partial charge in [0, 0.05) is 44.0 Å². The molecule has 1 aromatic carbocycles. The van der Waals surface area contributed by atoms with E-state index in [4.69, 9.17) is 4.74 Å². The predicted octanol–water partition coefficient (Wildman–Crippen LogP) is 2.19. The monoisotopic (exact) mass is 533 g/mol. The lowest BCUT2D eigenvalue weighted by molar-refractivity contribution is -0.144. The normalized spacial score (nSPS) is 22.6. The highest BCUT2D eigenvalue weighted by Crippen LogP contribution is 2.32. The van der Waals surface area contributed by atoms with E-state index in [0.29, 0.717) is 50.6 Å². The van der Waals surface area contributed by atoms with E-state index in [1.54, 1.807) is 19.2 Å². The summed E-state index contributed by atoms with van der Waals surface area (Å²) in [6.45, 7) is 8.93. The molecule has 204 valence electrons. The van der Waals surface area contributed by atoms with Crippen LogP contribution in [0.15, 0.2) is 24.7 Å². The summed E-state index contributed by atoms with van der Waals surface area (Å²) in [5.74, 6) is 0.00409. The number of morpholine rings is 1. The molecule has 3 aromatic rings. The minimum absolute atomic E-state index is 0.0738. The second-order valence-corrected chi connectivity index (χ2v) is 9.84. The molecule has 3 unspecified atom stereocenters. The van der Waals surface area contributed by atoms with Crippen LogP contribution in [0.2, 0.25) is 0 Å². The van der Waals surface area contributed by atoms with E-state index < -0.39 is 5.82 Å². The van der Waals surface area contributed by atoms with Gasteiger partial charge in [0.2, 0.25) is 5.91 Å². The number of tetrazole rings is 1. The Hall–Kier alpha value is -3.82. The topological polar surface area (TPSA) is 126 Å². The fourth-order valence-corrected chi connectivity index (χ4v) is 5.68. The van der Waals surface area contributed by atoms with Gasteiger partial charge in [-0.15, -0.1) is 5.10 Å². The number of hydrogen-bond acceptors (Lipinski definition) is 9. The number of halogens is 1. The van der Waals surface area contributed by atoms with Crippen LogP contribution in [-0.2, 0) is 22.4 Å². The van der Waals surface area contributed by atoms with Crippen molar-refractivity contribution >= 4 is 5.91 Å². The minimum Gasteiger partial charge on any atom is -0.370 e. The summed E-state index contributed by atoms with van der Waals surface area (Å²) in [6, 6.07) is 5.13. The smallest absolute Gasteiger partial charge is 0.253 e. The zero-order valence-electron chi connectivity index (χ0n) is 22.4. The first-order chi connectivity index (χ1) is 19.0. The molecule has 12 heteroatoms. The summed E-state index contributed by atoms with van der Waals surface area (Å²) < 4.78 is 21.6. The third kappa shape index (κ3) is 5.24. The number of ether oxygens (including phenoxy) is 1. The first-order valence-electron chi connectivity index (χ1n) is 13.4. The van der Waals surface area contributed by atoms with Gasteiger partial charge in [0.25, 0.3) is 5.95 Å². The number of hydrogen-bond donors (Lipinski definition) is 0. The van der Waals surface area contributed by atoms with Crippen LogP contribution < -0.4 is 0 Å². The molecule has 6 rings (SSSR count). The van der Waals surface area contributed by atoms with E-state index in [1.165, 1.54) is 17.1 Å². The van der Waals surface area contributed by atoms with Gasteiger partial charge in [-0.1, -0.05) is 19.9 Å². The fraction of sp³-hybridized carbons (Fsp3) is 0.519. The maximum atomic E-state index is 14.0. The lowest BCUT2D eigenvalue weighted by Crippen LogP contribution is -2.60. The van der Waals surface area contributed by atoms with Crippen molar-refractivity contribution in [3.8, 4) is 12.0 Å². The van der Waals surface area contributed by atoms with Gasteiger partial charge in [-0.2, -0.15) is 9.94 Å². The standard InChI is InChI=1S/C25H26FN9O2.C2H6/c1-15-19(3-4-21(26)20(15)9-27)23-12-33-6-7-34(11-18(33)13-37-23)24(36)16-2-5-22-17(8-16)10-28-25(30-22)35-14-29-31-32-35;1-2/h3-4,10,14,16,18,23H,2,5-8,11-13H2,1H3;1-2H3. The number of fused-ring (bicyclic) bond motifs is 2. The van der Waals surface area contributed by atoms with Crippen molar-refractivity contribution in [2.45, 2.75) is 52.2 Å². The quantitative estimate of drug-likeness (QED) is 0.498. The molecule has 1 amide bonds. The van der Waals surface area contributed by atoms with Crippen LogP contribution in [0, 0.1) is 30.0 Å². The summed E-state index contributed by atoms with van der Waals surface area (Å²) in [5, 5.41) is 20.4.